The molecule has 146 valence electrons. The van der Waals surface area contributed by atoms with Gasteiger partial charge in [0, 0.05) is 12.6 Å². The molecule has 0 bridgehead atoms. The Morgan fingerprint density at radius 2 is 1.89 bits per heavy atom. The maximum absolute atomic E-state index is 10.9. The molecule has 0 amide bonds. The second-order valence-corrected chi connectivity index (χ2v) is 6.88. The van der Waals surface area contributed by atoms with E-state index < -0.39 is 5.97 Å². The zero-order valence-corrected chi connectivity index (χ0v) is 16.3. The molecule has 0 fully saturated rings. The lowest BCUT2D eigenvalue weighted by Crippen LogP contribution is -2.11. The van der Waals surface area contributed by atoms with Crippen LogP contribution < -0.4 is 9.47 Å². The van der Waals surface area contributed by atoms with Gasteiger partial charge in [0.15, 0.2) is 11.0 Å². The van der Waals surface area contributed by atoms with E-state index in [1.54, 1.807) is 13.2 Å². The van der Waals surface area contributed by atoms with E-state index in [2.05, 4.69) is 22.3 Å². The van der Waals surface area contributed by atoms with Crippen LogP contribution in [0.15, 0.2) is 59.8 Å². The quantitative estimate of drug-likeness (QED) is 0.524. The van der Waals surface area contributed by atoms with Crippen LogP contribution in [0.3, 0.4) is 0 Å². The number of carboxylic acid groups (broad SMARTS) is 1. The Kier molecular flexibility index (Phi) is 6.91. The minimum Gasteiger partial charge on any atom is -0.497 e. The van der Waals surface area contributed by atoms with Gasteiger partial charge in [-0.15, -0.1) is 10.2 Å². The number of thioether (sulfide) groups is 1. The number of aryl methyl sites for hydroxylation is 1. The number of carboxylic acids is 1. The number of rotatable bonds is 10. The lowest BCUT2D eigenvalue weighted by atomic mass is 10.1. The largest absolute Gasteiger partial charge is 0.497 e. The summed E-state index contributed by atoms with van der Waals surface area (Å²) in [4.78, 5) is 10.9. The molecule has 2 aromatic carbocycles. The second kappa shape index (κ2) is 9.80. The van der Waals surface area contributed by atoms with E-state index in [-0.39, 0.29) is 12.4 Å². The Morgan fingerprint density at radius 1 is 1.11 bits per heavy atom. The van der Waals surface area contributed by atoms with E-state index in [0.29, 0.717) is 29.0 Å². The second-order valence-electron chi connectivity index (χ2n) is 5.94. The maximum atomic E-state index is 10.9. The molecule has 0 saturated heterocycles. The number of carbonyl (C=O) groups is 1. The zero-order valence-electron chi connectivity index (χ0n) is 15.4. The van der Waals surface area contributed by atoms with Gasteiger partial charge in [-0.1, -0.05) is 48.2 Å². The molecule has 0 unspecified atom stereocenters. The molecule has 0 aliphatic carbocycles. The molecule has 0 aliphatic heterocycles. The van der Waals surface area contributed by atoms with Gasteiger partial charge in [0.05, 0.1) is 12.9 Å². The lowest BCUT2D eigenvalue weighted by molar-refractivity contribution is -0.133. The van der Waals surface area contributed by atoms with Gasteiger partial charge in [0.2, 0.25) is 0 Å². The standard InChI is InChI=1S/C20H21N3O4S/c1-26-16-8-5-9-17(12-16)27-13-18-21-22-20(28-14-19(24)25)23(18)11-10-15-6-3-2-4-7-15/h2-9,12H,10-11,13-14H2,1H3,(H,24,25). The Balaban J connectivity index is 1.73. The fourth-order valence-corrected chi connectivity index (χ4v) is 3.31. The van der Waals surface area contributed by atoms with Crippen molar-refractivity contribution in [3.8, 4) is 11.5 Å². The van der Waals surface area contributed by atoms with Gasteiger partial charge in [0.1, 0.15) is 18.1 Å². The first kappa shape index (κ1) is 19.8. The van der Waals surface area contributed by atoms with E-state index in [9.17, 15) is 4.79 Å². The first-order valence-electron chi connectivity index (χ1n) is 8.73. The highest BCUT2D eigenvalue weighted by Crippen LogP contribution is 2.22. The minimum absolute atomic E-state index is 0.0692. The summed E-state index contributed by atoms with van der Waals surface area (Å²) in [6.45, 7) is 0.859. The first-order chi connectivity index (χ1) is 13.7. The molecule has 28 heavy (non-hydrogen) atoms. The van der Waals surface area contributed by atoms with E-state index >= 15 is 0 Å². The van der Waals surface area contributed by atoms with Crippen LogP contribution in [0.5, 0.6) is 11.5 Å². The molecule has 0 radical (unpaired) electrons. The van der Waals surface area contributed by atoms with Crippen LogP contribution in [0, 0.1) is 0 Å². The van der Waals surface area contributed by atoms with Crippen molar-refractivity contribution in [3.63, 3.8) is 0 Å². The molecular weight excluding hydrogens is 378 g/mol. The highest BCUT2D eigenvalue weighted by atomic mass is 32.2. The Morgan fingerprint density at radius 3 is 2.64 bits per heavy atom. The topological polar surface area (TPSA) is 86.5 Å². The number of aromatic nitrogens is 3. The summed E-state index contributed by atoms with van der Waals surface area (Å²) in [5.41, 5.74) is 1.19. The van der Waals surface area contributed by atoms with Gasteiger partial charge < -0.3 is 19.1 Å². The predicted octanol–water partition coefficient (Wildman–Crippen LogP) is 3.29. The molecule has 8 heteroatoms. The molecule has 3 rings (SSSR count). The molecule has 0 aliphatic rings. The van der Waals surface area contributed by atoms with Gasteiger partial charge in [0.25, 0.3) is 0 Å². The molecule has 0 saturated carbocycles. The third-order valence-electron chi connectivity index (χ3n) is 3.99. The predicted molar refractivity (Wildman–Crippen MR) is 106 cm³/mol. The van der Waals surface area contributed by atoms with Crippen molar-refractivity contribution in [1.29, 1.82) is 0 Å². The van der Waals surface area contributed by atoms with Crippen molar-refractivity contribution < 1.29 is 19.4 Å². The van der Waals surface area contributed by atoms with E-state index in [1.165, 1.54) is 5.56 Å². The van der Waals surface area contributed by atoms with Crippen LogP contribution in [0.25, 0.3) is 0 Å². The molecule has 7 nitrogen and oxygen atoms in total. The van der Waals surface area contributed by atoms with Crippen molar-refractivity contribution in [2.24, 2.45) is 0 Å². The summed E-state index contributed by atoms with van der Waals surface area (Å²) in [6.07, 6.45) is 0.783. The van der Waals surface area contributed by atoms with Crippen LogP contribution in [0.4, 0.5) is 0 Å². The SMILES string of the molecule is COc1cccc(OCc2nnc(SCC(=O)O)n2CCc2ccccc2)c1. The number of ether oxygens (including phenoxy) is 2. The van der Waals surface area contributed by atoms with E-state index in [1.807, 2.05) is 41.0 Å². The zero-order chi connectivity index (χ0) is 19.8. The van der Waals surface area contributed by atoms with Gasteiger partial charge in [-0.2, -0.15) is 0 Å². The van der Waals surface area contributed by atoms with Gasteiger partial charge in [-0.05, 0) is 24.1 Å². The summed E-state index contributed by atoms with van der Waals surface area (Å²) >= 11 is 1.15. The smallest absolute Gasteiger partial charge is 0.313 e. The monoisotopic (exact) mass is 399 g/mol. The number of nitrogens with zero attached hydrogens (tertiary/aromatic N) is 3. The molecule has 1 heterocycles. The Bertz CT molecular complexity index is 915. The van der Waals surface area contributed by atoms with Crippen molar-refractivity contribution in [2.45, 2.75) is 24.7 Å². The molecule has 0 atom stereocenters. The van der Waals surface area contributed by atoms with Gasteiger partial charge in [-0.25, -0.2) is 0 Å². The average Bonchev–Trinajstić information content (AvgIpc) is 3.11. The minimum atomic E-state index is -0.892. The Labute approximate surface area is 167 Å². The summed E-state index contributed by atoms with van der Waals surface area (Å²) in [7, 11) is 1.60. The van der Waals surface area contributed by atoms with Crippen LogP contribution in [-0.4, -0.2) is 38.7 Å². The van der Waals surface area contributed by atoms with Gasteiger partial charge >= 0.3 is 5.97 Å². The van der Waals surface area contributed by atoms with Crippen LogP contribution >= 0.6 is 11.8 Å². The fourth-order valence-electron chi connectivity index (χ4n) is 2.61. The number of hydrogen-bond acceptors (Lipinski definition) is 6. The average molecular weight is 399 g/mol. The third kappa shape index (κ3) is 5.50. The lowest BCUT2D eigenvalue weighted by Gasteiger charge is -2.11. The number of benzene rings is 2. The van der Waals surface area contributed by atoms with Gasteiger partial charge in [-0.3, -0.25) is 4.79 Å². The highest BCUT2D eigenvalue weighted by Gasteiger charge is 2.15. The summed E-state index contributed by atoms with van der Waals surface area (Å²) < 4.78 is 13.0. The van der Waals surface area contributed by atoms with Crippen molar-refractivity contribution in [1.82, 2.24) is 14.8 Å². The molecular formula is C20H21N3O4S. The van der Waals surface area contributed by atoms with E-state index in [4.69, 9.17) is 14.6 Å². The van der Waals surface area contributed by atoms with Crippen molar-refractivity contribution >= 4 is 17.7 Å². The summed E-state index contributed by atoms with van der Waals surface area (Å²) in [6, 6.07) is 17.4. The van der Waals surface area contributed by atoms with E-state index in [0.717, 1.165) is 18.2 Å². The van der Waals surface area contributed by atoms with Crippen molar-refractivity contribution in [3.05, 3.63) is 66.0 Å². The number of hydrogen-bond donors (Lipinski definition) is 1. The molecule has 1 N–H and O–H groups in total. The summed E-state index contributed by atoms with van der Waals surface area (Å²) in [5, 5.41) is 17.9. The van der Waals surface area contributed by atoms with Crippen LogP contribution in [0.1, 0.15) is 11.4 Å². The molecule has 0 spiro atoms. The summed E-state index contributed by atoms with van der Waals surface area (Å²) in [5.74, 6) is 1.06. The normalized spacial score (nSPS) is 10.6. The fraction of sp³-hybridized carbons (Fsp3) is 0.250. The molecule has 3 aromatic rings. The molecule has 1 aromatic heterocycles. The number of methoxy groups -OCH3 is 1. The number of aliphatic carboxylic acids is 1. The van der Waals surface area contributed by atoms with Crippen LogP contribution in [-0.2, 0) is 24.4 Å². The van der Waals surface area contributed by atoms with Crippen molar-refractivity contribution in [2.75, 3.05) is 12.9 Å². The Hall–Kier alpha value is -3.00. The highest BCUT2D eigenvalue weighted by molar-refractivity contribution is 7.99. The first-order valence-corrected chi connectivity index (χ1v) is 9.71. The third-order valence-corrected chi connectivity index (χ3v) is 4.95. The maximum Gasteiger partial charge on any atom is 0.313 e. The van der Waals surface area contributed by atoms with Crippen LogP contribution in [0.2, 0.25) is 0 Å².